The highest BCUT2D eigenvalue weighted by Crippen LogP contribution is 2.19. The summed E-state index contributed by atoms with van der Waals surface area (Å²) in [6.07, 6.45) is 0. The molecule has 1 heterocycles. The van der Waals surface area contributed by atoms with Gasteiger partial charge in [0.05, 0.1) is 0 Å². The molecule has 118 valence electrons. The number of hydrogen-bond acceptors (Lipinski definition) is 2. The van der Waals surface area contributed by atoms with Crippen LogP contribution in [0.3, 0.4) is 0 Å². The van der Waals surface area contributed by atoms with Gasteiger partial charge in [-0.15, -0.1) is 0 Å². The summed E-state index contributed by atoms with van der Waals surface area (Å²) in [6.45, 7) is 1.69. The van der Waals surface area contributed by atoms with E-state index in [1.165, 1.54) is 24.3 Å². The van der Waals surface area contributed by atoms with Crippen LogP contribution in [0.2, 0.25) is 0 Å². The molecule has 2 aromatic rings. The van der Waals surface area contributed by atoms with Crippen LogP contribution in [-0.4, -0.2) is 29.9 Å². The van der Waals surface area contributed by atoms with Crippen molar-refractivity contribution in [1.82, 2.24) is 10.2 Å². The summed E-state index contributed by atoms with van der Waals surface area (Å²) in [5.74, 6) is -0.703. The van der Waals surface area contributed by atoms with Gasteiger partial charge in [-0.1, -0.05) is 18.2 Å². The van der Waals surface area contributed by atoms with Gasteiger partial charge in [-0.05, 0) is 35.9 Å². The van der Waals surface area contributed by atoms with E-state index in [1.807, 2.05) is 18.2 Å². The summed E-state index contributed by atoms with van der Waals surface area (Å²) < 4.78 is 12.9. The Morgan fingerprint density at radius 2 is 1.91 bits per heavy atom. The summed E-state index contributed by atoms with van der Waals surface area (Å²) in [4.78, 5) is 25.6. The fraction of sp³-hybridized carbons (Fsp3) is 0.176. The molecular formula is C17H16FN3O2. The lowest BCUT2D eigenvalue weighted by molar-refractivity contribution is 0.102. The van der Waals surface area contributed by atoms with Gasteiger partial charge in [0, 0.05) is 30.9 Å². The molecule has 0 aliphatic carbocycles. The third kappa shape index (κ3) is 3.48. The molecule has 0 aromatic heterocycles. The SMILES string of the molecule is O=C(Nc1ccccc1CN1CCNC1=O)c1ccc(F)cc1. The molecule has 2 aromatic carbocycles. The highest BCUT2D eigenvalue weighted by atomic mass is 19.1. The zero-order valence-electron chi connectivity index (χ0n) is 12.4. The van der Waals surface area contributed by atoms with Gasteiger partial charge in [-0.25, -0.2) is 9.18 Å². The number of nitrogens with one attached hydrogen (secondary N) is 2. The zero-order chi connectivity index (χ0) is 16.2. The molecule has 1 aliphatic heterocycles. The van der Waals surface area contributed by atoms with Crippen molar-refractivity contribution in [2.45, 2.75) is 6.54 Å². The number of carbonyl (C=O) groups is 2. The average Bonchev–Trinajstić information content (AvgIpc) is 2.95. The molecule has 5 nitrogen and oxygen atoms in total. The topological polar surface area (TPSA) is 61.4 Å². The van der Waals surface area contributed by atoms with Crippen LogP contribution in [-0.2, 0) is 6.54 Å². The summed E-state index contributed by atoms with van der Waals surface area (Å²) in [5, 5.41) is 5.56. The molecule has 6 heteroatoms. The van der Waals surface area contributed by atoms with E-state index in [4.69, 9.17) is 0 Å². The quantitative estimate of drug-likeness (QED) is 0.911. The van der Waals surface area contributed by atoms with E-state index < -0.39 is 0 Å². The van der Waals surface area contributed by atoms with Crippen LogP contribution in [0.4, 0.5) is 14.9 Å². The summed E-state index contributed by atoms with van der Waals surface area (Å²) >= 11 is 0. The van der Waals surface area contributed by atoms with Crippen molar-refractivity contribution in [3.8, 4) is 0 Å². The van der Waals surface area contributed by atoms with E-state index in [2.05, 4.69) is 10.6 Å². The molecule has 0 saturated carbocycles. The Morgan fingerprint density at radius 3 is 2.61 bits per heavy atom. The Morgan fingerprint density at radius 1 is 1.17 bits per heavy atom. The highest BCUT2D eigenvalue weighted by Gasteiger charge is 2.20. The average molecular weight is 313 g/mol. The fourth-order valence-electron chi connectivity index (χ4n) is 2.44. The molecule has 2 N–H and O–H groups in total. The van der Waals surface area contributed by atoms with Crippen molar-refractivity contribution in [3.63, 3.8) is 0 Å². The van der Waals surface area contributed by atoms with Crippen LogP contribution in [0.25, 0.3) is 0 Å². The van der Waals surface area contributed by atoms with E-state index in [0.717, 1.165) is 5.56 Å². The van der Waals surface area contributed by atoms with Crippen molar-refractivity contribution in [3.05, 3.63) is 65.5 Å². The summed E-state index contributed by atoms with van der Waals surface area (Å²) in [7, 11) is 0. The second-order valence-electron chi connectivity index (χ2n) is 5.27. The fourth-order valence-corrected chi connectivity index (χ4v) is 2.44. The third-order valence-electron chi connectivity index (χ3n) is 3.68. The number of amides is 3. The minimum absolute atomic E-state index is 0.107. The van der Waals surface area contributed by atoms with Crippen LogP contribution in [0.1, 0.15) is 15.9 Å². The number of urea groups is 1. The number of anilines is 1. The van der Waals surface area contributed by atoms with Gasteiger partial charge in [-0.2, -0.15) is 0 Å². The minimum atomic E-state index is -0.387. The molecule has 0 bridgehead atoms. The maximum atomic E-state index is 12.9. The van der Waals surface area contributed by atoms with Gasteiger partial charge in [0.1, 0.15) is 5.82 Å². The Bertz CT molecular complexity index is 731. The van der Waals surface area contributed by atoms with Crippen molar-refractivity contribution in [2.24, 2.45) is 0 Å². The van der Waals surface area contributed by atoms with E-state index >= 15 is 0 Å². The van der Waals surface area contributed by atoms with Gasteiger partial charge in [0.2, 0.25) is 0 Å². The van der Waals surface area contributed by atoms with E-state index in [9.17, 15) is 14.0 Å². The zero-order valence-corrected chi connectivity index (χ0v) is 12.4. The maximum Gasteiger partial charge on any atom is 0.317 e. The van der Waals surface area contributed by atoms with Gasteiger partial charge >= 0.3 is 6.03 Å². The summed E-state index contributed by atoms with van der Waals surface area (Å²) in [5.41, 5.74) is 1.86. The van der Waals surface area contributed by atoms with Crippen molar-refractivity contribution < 1.29 is 14.0 Å². The monoisotopic (exact) mass is 313 g/mol. The van der Waals surface area contributed by atoms with Crippen LogP contribution in [0.15, 0.2) is 48.5 Å². The number of hydrogen-bond donors (Lipinski definition) is 2. The van der Waals surface area contributed by atoms with E-state index in [-0.39, 0.29) is 17.8 Å². The minimum Gasteiger partial charge on any atom is -0.336 e. The first kappa shape index (κ1) is 15.0. The predicted molar refractivity (Wildman–Crippen MR) is 84.6 cm³/mol. The molecular weight excluding hydrogens is 297 g/mol. The standard InChI is InChI=1S/C17H16FN3O2/c18-14-7-5-12(6-8-14)16(22)20-15-4-2-1-3-13(15)11-21-10-9-19-17(21)23/h1-8H,9-11H2,(H,19,23)(H,20,22). The molecule has 0 atom stereocenters. The maximum absolute atomic E-state index is 12.9. The number of rotatable bonds is 4. The number of para-hydroxylation sites is 1. The van der Waals surface area contributed by atoms with Crippen LogP contribution >= 0.6 is 0 Å². The molecule has 1 saturated heterocycles. The normalized spacial score (nSPS) is 13.8. The lowest BCUT2D eigenvalue weighted by atomic mass is 10.1. The van der Waals surface area contributed by atoms with Gasteiger partial charge in [0.25, 0.3) is 5.91 Å². The Labute approximate surface area is 133 Å². The second-order valence-corrected chi connectivity index (χ2v) is 5.27. The smallest absolute Gasteiger partial charge is 0.317 e. The number of halogens is 1. The van der Waals surface area contributed by atoms with Crippen LogP contribution in [0.5, 0.6) is 0 Å². The lowest BCUT2D eigenvalue weighted by Gasteiger charge is -2.17. The first-order valence-corrected chi connectivity index (χ1v) is 7.31. The van der Waals surface area contributed by atoms with Crippen molar-refractivity contribution in [2.75, 3.05) is 18.4 Å². The first-order valence-electron chi connectivity index (χ1n) is 7.31. The van der Waals surface area contributed by atoms with E-state index in [0.29, 0.717) is 30.9 Å². The Balaban J connectivity index is 1.76. The third-order valence-corrected chi connectivity index (χ3v) is 3.68. The largest absolute Gasteiger partial charge is 0.336 e. The van der Waals surface area contributed by atoms with Crippen molar-refractivity contribution >= 4 is 17.6 Å². The van der Waals surface area contributed by atoms with Crippen LogP contribution in [0, 0.1) is 5.82 Å². The molecule has 1 aliphatic rings. The number of benzene rings is 2. The number of nitrogens with zero attached hydrogens (tertiary/aromatic N) is 1. The summed E-state index contributed by atoms with van der Waals surface area (Å²) in [6, 6.07) is 12.6. The van der Waals surface area contributed by atoms with Gasteiger partial charge in [-0.3, -0.25) is 4.79 Å². The predicted octanol–water partition coefficient (Wildman–Crippen LogP) is 2.60. The molecule has 3 rings (SSSR count). The van der Waals surface area contributed by atoms with Gasteiger partial charge < -0.3 is 15.5 Å². The Hall–Kier alpha value is -2.89. The highest BCUT2D eigenvalue weighted by molar-refractivity contribution is 6.04. The molecule has 1 fully saturated rings. The molecule has 0 spiro atoms. The van der Waals surface area contributed by atoms with E-state index in [1.54, 1.807) is 11.0 Å². The second kappa shape index (κ2) is 6.48. The molecule has 0 radical (unpaired) electrons. The number of carbonyl (C=O) groups excluding carboxylic acids is 2. The molecule has 3 amide bonds. The van der Waals surface area contributed by atoms with Gasteiger partial charge in [0.15, 0.2) is 0 Å². The van der Waals surface area contributed by atoms with Crippen LogP contribution < -0.4 is 10.6 Å². The first-order chi connectivity index (χ1) is 11.1. The Kier molecular flexibility index (Phi) is 4.23. The molecule has 23 heavy (non-hydrogen) atoms. The van der Waals surface area contributed by atoms with Crippen molar-refractivity contribution in [1.29, 1.82) is 0 Å². The molecule has 0 unspecified atom stereocenters. The lowest BCUT2D eigenvalue weighted by Crippen LogP contribution is -2.28.